The van der Waals surface area contributed by atoms with Crippen LogP contribution in [0.2, 0.25) is 0 Å². The standard InChI is InChI=1S/C12H15N3S2/c1-2-8-5-6-16-10(8)7-13-12-14-11(15-17-12)9-3-4-9/h5-6,9H,2-4,7H2,1H3,(H,13,14,15). The van der Waals surface area contributed by atoms with Crippen molar-refractivity contribution >= 4 is 28.0 Å². The number of aromatic nitrogens is 2. The van der Waals surface area contributed by atoms with Crippen LogP contribution >= 0.6 is 22.9 Å². The summed E-state index contributed by atoms with van der Waals surface area (Å²) in [5, 5.41) is 6.50. The second-order valence-corrected chi connectivity index (χ2v) is 6.06. The Labute approximate surface area is 109 Å². The van der Waals surface area contributed by atoms with Gasteiger partial charge in [-0.1, -0.05) is 6.92 Å². The quantitative estimate of drug-likeness (QED) is 0.896. The number of thiophene rings is 1. The van der Waals surface area contributed by atoms with Gasteiger partial charge in [-0.2, -0.15) is 4.37 Å². The molecule has 2 heterocycles. The molecule has 1 aliphatic rings. The Morgan fingerprint density at radius 2 is 2.35 bits per heavy atom. The van der Waals surface area contributed by atoms with Crippen molar-refractivity contribution < 1.29 is 0 Å². The molecule has 3 rings (SSSR count). The van der Waals surface area contributed by atoms with E-state index in [0.29, 0.717) is 5.92 Å². The second kappa shape index (κ2) is 4.74. The first kappa shape index (κ1) is 11.2. The smallest absolute Gasteiger partial charge is 0.202 e. The fraction of sp³-hybridized carbons (Fsp3) is 0.500. The maximum Gasteiger partial charge on any atom is 0.202 e. The molecule has 0 unspecified atom stereocenters. The molecule has 1 N–H and O–H groups in total. The lowest BCUT2D eigenvalue weighted by atomic mass is 10.2. The molecule has 90 valence electrons. The molecule has 0 atom stereocenters. The van der Waals surface area contributed by atoms with Gasteiger partial charge in [-0.15, -0.1) is 11.3 Å². The highest BCUT2D eigenvalue weighted by atomic mass is 32.1. The summed E-state index contributed by atoms with van der Waals surface area (Å²) in [4.78, 5) is 5.94. The summed E-state index contributed by atoms with van der Waals surface area (Å²) in [7, 11) is 0. The number of hydrogen-bond donors (Lipinski definition) is 1. The molecule has 1 fully saturated rings. The maximum atomic E-state index is 4.53. The summed E-state index contributed by atoms with van der Waals surface area (Å²) in [5.41, 5.74) is 1.44. The fourth-order valence-electron chi connectivity index (χ4n) is 1.81. The van der Waals surface area contributed by atoms with Gasteiger partial charge < -0.3 is 5.32 Å². The van der Waals surface area contributed by atoms with Gasteiger partial charge in [0.1, 0.15) is 5.82 Å². The highest BCUT2D eigenvalue weighted by molar-refractivity contribution is 7.10. The number of aryl methyl sites for hydroxylation is 1. The van der Waals surface area contributed by atoms with Crippen LogP contribution in [0.1, 0.15) is 41.9 Å². The van der Waals surface area contributed by atoms with Crippen LogP contribution in [0.25, 0.3) is 0 Å². The predicted octanol–water partition coefficient (Wildman–Crippen LogP) is 3.65. The molecule has 0 aliphatic heterocycles. The minimum absolute atomic E-state index is 0.648. The van der Waals surface area contributed by atoms with Crippen molar-refractivity contribution in [3.63, 3.8) is 0 Å². The van der Waals surface area contributed by atoms with Crippen molar-refractivity contribution in [2.75, 3.05) is 5.32 Å². The molecule has 0 amide bonds. The van der Waals surface area contributed by atoms with Gasteiger partial charge in [0.05, 0.1) is 6.54 Å². The van der Waals surface area contributed by atoms with E-state index in [2.05, 4.69) is 33.0 Å². The zero-order valence-corrected chi connectivity index (χ0v) is 11.4. The maximum absolute atomic E-state index is 4.53. The van der Waals surface area contributed by atoms with Crippen LogP contribution in [-0.4, -0.2) is 9.36 Å². The first-order chi connectivity index (χ1) is 8.36. The van der Waals surface area contributed by atoms with E-state index in [9.17, 15) is 0 Å². The van der Waals surface area contributed by atoms with E-state index in [1.807, 2.05) is 11.3 Å². The van der Waals surface area contributed by atoms with Crippen LogP contribution in [0.15, 0.2) is 11.4 Å². The van der Waals surface area contributed by atoms with Crippen LogP contribution in [0, 0.1) is 0 Å². The summed E-state index contributed by atoms with van der Waals surface area (Å²) in [5.74, 6) is 1.69. The van der Waals surface area contributed by atoms with Crippen molar-refractivity contribution in [3.8, 4) is 0 Å². The molecule has 0 aromatic carbocycles. The number of hydrogen-bond acceptors (Lipinski definition) is 5. The normalized spacial score (nSPS) is 15.1. The monoisotopic (exact) mass is 265 g/mol. The van der Waals surface area contributed by atoms with Crippen molar-refractivity contribution in [1.29, 1.82) is 0 Å². The molecule has 5 heteroatoms. The van der Waals surface area contributed by atoms with Crippen LogP contribution < -0.4 is 5.32 Å². The first-order valence-electron chi connectivity index (χ1n) is 5.99. The lowest BCUT2D eigenvalue weighted by Crippen LogP contribution is -1.99. The second-order valence-electron chi connectivity index (χ2n) is 4.31. The first-order valence-corrected chi connectivity index (χ1v) is 7.65. The molecule has 0 spiro atoms. The van der Waals surface area contributed by atoms with E-state index in [1.165, 1.54) is 34.8 Å². The minimum atomic E-state index is 0.648. The minimum Gasteiger partial charge on any atom is -0.355 e. The zero-order chi connectivity index (χ0) is 11.7. The summed E-state index contributed by atoms with van der Waals surface area (Å²) >= 11 is 3.30. The molecule has 0 radical (unpaired) electrons. The molecule has 17 heavy (non-hydrogen) atoms. The average molecular weight is 265 g/mol. The third-order valence-corrected chi connectivity index (χ3v) is 4.65. The van der Waals surface area contributed by atoms with Gasteiger partial charge in [0.15, 0.2) is 0 Å². The van der Waals surface area contributed by atoms with Crippen LogP contribution in [0.5, 0.6) is 0 Å². The Hall–Kier alpha value is -0.940. The highest BCUT2D eigenvalue weighted by Gasteiger charge is 2.27. The summed E-state index contributed by atoms with van der Waals surface area (Å²) in [6.45, 7) is 3.07. The Morgan fingerprint density at radius 1 is 1.47 bits per heavy atom. The Morgan fingerprint density at radius 3 is 3.12 bits per heavy atom. The van der Waals surface area contributed by atoms with Gasteiger partial charge in [0, 0.05) is 22.3 Å². The van der Waals surface area contributed by atoms with Crippen LogP contribution in [-0.2, 0) is 13.0 Å². The van der Waals surface area contributed by atoms with Gasteiger partial charge in [-0.3, -0.25) is 0 Å². The summed E-state index contributed by atoms with van der Waals surface area (Å²) in [6, 6.07) is 2.21. The van der Waals surface area contributed by atoms with Gasteiger partial charge in [0.25, 0.3) is 0 Å². The zero-order valence-electron chi connectivity index (χ0n) is 9.77. The molecule has 3 nitrogen and oxygen atoms in total. The lowest BCUT2D eigenvalue weighted by molar-refractivity contribution is 0.979. The van der Waals surface area contributed by atoms with E-state index in [1.54, 1.807) is 0 Å². The van der Waals surface area contributed by atoms with Gasteiger partial charge in [-0.25, -0.2) is 4.98 Å². The van der Waals surface area contributed by atoms with E-state index < -0.39 is 0 Å². The Balaban J connectivity index is 1.62. The van der Waals surface area contributed by atoms with Crippen molar-refractivity contribution in [1.82, 2.24) is 9.36 Å². The summed E-state index contributed by atoms with van der Waals surface area (Å²) in [6.07, 6.45) is 3.63. The molecule has 0 saturated heterocycles. The lowest BCUT2D eigenvalue weighted by Gasteiger charge is -2.02. The third kappa shape index (κ3) is 2.50. The number of nitrogens with zero attached hydrogens (tertiary/aromatic N) is 2. The fourth-order valence-corrected chi connectivity index (χ4v) is 3.36. The van der Waals surface area contributed by atoms with Gasteiger partial charge in [0.2, 0.25) is 5.13 Å². The largest absolute Gasteiger partial charge is 0.355 e. The van der Waals surface area contributed by atoms with E-state index in [0.717, 1.165) is 23.9 Å². The highest BCUT2D eigenvalue weighted by Crippen LogP contribution is 2.39. The number of rotatable bonds is 5. The molecule has 2 aromatic rings. The molecule has 2 aromatic heterocycles. The Kier molecular flexibility index (Phi) is 3.11. The van der Waals surface area contributed by atoms with E-state index in [-0.39, 0.29) is 0 Å². The molecular weight excluding hydrogens is 250 g/mol. The van der Waals surface area contributed by atoms with Gasteiger partial charge in [-0.05, 0) is 36.3 Å². The van der Waals surface area contributed by atoms with Crippen molar-refractivity contribution in [3.05, 3.63) is 27.7 Å². The van der Waals surface area contributed by atoms with Gasteiger partial charge >= 0.3 is 0 Å². The molecule has 1 saturated carbocycles. The number of nitrogens with one attached hydrogen (secondary N) is 1. The predicted molar refractivity (Wildman–Crippen MR) is 72.9 cm³/mol. The number of anilines is 1. The average Bonchev–Trinajstić information content (AvgIpc) is 2.93. The van der Waals surface area contributed by atoms with Crippen molar-refractivity contribution in [2.24, 2.45) is 0 Å². The third-order valence-electron chi connectivity index (χ3n) is 3.00. The van der Waals surface area contributed by atoms with Crippen LogP contribution in [0.3, 0.4) is 0 Å². The van der Waals surface area contributed by atoms with E-state index >= 15 is 0 Å². The Bertz CT molecular complexity index is 499. The summed E-state index contributed by atoms with van der Waals surface area (Å²) < 4.78 is 4.39. The molecular formula is C12H15N3S2. The van der Waals surface area contributed by atoms with Crippen molar-refractivity contribution in [2.45, 2.75) is 38.6 Å². The molecule has 1 aliphatic carbocycles. The topological polar surface area (TPSA) is 37.8 Å². The SMILES string of the molecule is CCc1ccsc1CNc1nc(C2CC2)ns1. The molecule has 0 bridgehead atoms. The van der Waals surface area contributed by atoms with E-state index in [4.69, 9.17) is 0 Å². The van der Waals surface area contributed by atoms with Crippen LogP contribution in [0.4, 0.5) is 5.13 Å².